The zero-order valence-corrected chi connectivity index (χ0v) is 18.3. The Labute approximate surface area is 193 Å². The molecule has 3 N–H and O–H groups in total. The maximum Gasteiger partial charge on any atom is 0.490 e. The highest BCUT2D eigenvalue weighted by molar-refractivity contribution is 5.95. The number of fused-ring (bicyclic) bond motifs is 1. The second-order valence-electron chi connectivity index (χ2n) is 7.08. The molecule has 0 saturated carbocycles. The highest BCUT2D eigenvalue weighted by Gasteiger charge is 2.38. The van der Waals surface area contributed by atoms with E-state index in [4.69, 9.17) is 19.4 Å². The number of methoxy groups -OCH3 is 1. The molecular weight excluding hydrogens is 451 g/mol. The number of rotatable bonds is 6. The van der Waals surface area contributed by atoms with Gasteiger partial charge in [0.15, 0.2) is 5.82 Å². The van der Waals surface area contributed by atoms with Crippen molar-refractivity contribution in [3.05, 3.63) is 78.4 Å². The molecule has 1 unspecified atom stereocenters. The molecule has 1 atom stereocenters. The lowest BCUT2D eigenvalue weighted by atomic mass is 10.1. The van der Waals surface area contributed by atoms with E-state index in [9.17, 15) is 13.2 Å². The first kappa shape index (κ1) is 24.4. The Kier molecular flexibility index (Phi) is 7.62. The highest BCUT2D eigenvalue weighted by Crippen LogP contribution is 2.36. The summed E-state index contributed by atoms with van der Waals surface area (Å²) in [4.78, 5) is 8.90. The number of carbonyl (C=O) groups is 1. The average molecular weight is 473 g/mol. The van der Waals surface area contributed by atoms with Crippen molar-refractivity contribution < 1.29 is 32.5 Å². The van der Waals surface area contributed by atoms with Crippen LogP contribution in [-0.4, -0.2) is 34.6 Å². The van der Waals surface area contributed by atoms with Gasteiger partial charge in [-0.25, -0.2) is 4.79 Å². The maximum absolute atomic E-state index is 10.6. The fourth-order valence-electron chi connectivity index (χ4n) is 3.15. The smallest absolute Gasteiger partial charge is 0.490 e. The van der Waals surface area contributed by atoms with Crippen molar-refractivity contribution >= 4 is 22.7 Å². The molecule has 1 aromatic heterocycles. The van der Waals surface area contributed by atoms with Gasteiger partial charge in [-0.05, 0) is 37.3 Å². The summed E-state index contributed by atoms with van der Waals surface area (Å²) >= 11 is 0. The van der Waals surface area contributed by atoms with Crippen molar-refractivity contribution in [2.45, 2.75) is 19.1 Å². The molecule has 10 heteroatoms. The minimum atomic E-state index is -5.08. The van der Waals surface area contributed by atoms with Gasteiger partial charge >= 0.3 is 12.1 Å². The summed E-state index contributed by atoms with van der Waals surface area (Å²) in [6.45, 7) is 2.08. The molecule has 34 heavy (non-hydrogen) atoms. The number of halogens is 3. The molecule has 0 aliphatic carbocycles. The molecule has 0 saturated heterocycles. The number of aliphatic carboxylic acids is 1. The monoisotopic (exact) mass is 473 g/mol. The van der Waals surface area contributed by atoms with Crippen LogP contribution in [0.5, 0.6) is 17.2 Å². The molecule has 0 aliphatic heterocycles. The van der Waals surface area contributed by atoms with E-state index in [1.807, 2.05) is 72.8 Å². The van der Waals surface area contributed by atoms with Crippen LogP contribution in [0.25, 0.3) is 10.9 Å². The quantitative estimate of drug-likeness (QED) is 0.310. The van der Waals surface area contributed by atoms with Crippen molar-refractivity contribution in [2.24, 2.45) is 0 Å². The number of aromatic nitrogens is 2. The van der Waals surface area contributed by atoms with Crippen LogP contribution >= 0.6 is 0 Å². The van der Waals surface area contributed by atoms with Gasteiger partial charge < -0.3 is 19.9 Å². The fourth-order valence-corrected chi connectivity index (χ4v) is 3.15. The lowest BCUT2D eigenvalue weighted by Gasteiger charge is -2.17. The van der Waals surface area contributed by atoms with E-state index in [-0.39, 0.29) is 6.04 Å². The number of anilines is 1. The maximum atomic E-state index is 10.6. The molecule has 0 aliphatic rings. The molecule has 1 heterocycles. The molecule has 0 amide bonds. The minimum Gasteiger partial charge on any atom is -0.496 e. The first-order valence-electron chi connectivity index (χ1n) is 10.1. The van der Waals surface area contributed by atoms with Gasteiger partial charge in [-0.15, -0.1) is 0 Å². The second kappa shape index (κ2) is 10.6. The molecule has 4 aromatic rings. The number of para-hydroxylation sites is 2. The number of carboxylic acids is 1. The third kappa shape index (κ3) is 5.97. The Hall–Kier alpha value is -4.21. The van der Waals surface area contributed by atoms with Gasteiger partial charge in [0.2, 0.25) is 0 Å². The van der Waals surface area contributed by atoms with Crippen LogP contribution in [-0.2, 0) is 4.79 Å². The van der Waals surface area contributed by atoms with Crippen molar-refractivity contribution in [3.63, 3.8) is 0 Å². The lowest BCUT2D eigenvalue weighted by Crippen LogP contribution is -2.21. The standard InChI is InChI=1S/C22H21N3O2.C2HF3O2/c1-15(17-11-6-7-13-19(17)26-2)23-22-21-18(24-25-22)12-8-14-20(21)27-16-9-4-3-5-10-16;3-2(4,5)1(6)7/h3-15H,1-2H3,(H2,23,24,25);(H,6,7). The summed E-state index contributed by atoms with van der Waals surface area (Å²) < 4.78 is 43.3. The van der Waals surface area contributed by atoms with Crippen molar-refractivity contribution in [1.82, 2.24) is 10.2 Å². The summed E-state index contributed by atoms with van der Waals surface area (Å²) in [6, 6.07) is 23.6. The van der Waals surface area contributed by atoms with Crippen molar-refractivity contribution in [1.29, 1.82) is 0 Å². The zero-order valence-electron chi connectivity index (χ0n) is 18.3. The largest absolute Gasteiger partial charge is 0.496 e. The predicted octanol–water partition coefficient (Wildman–Crippen LogP) is 6.17. The first-order chi connectivity index (χ1) is 16.2. The van der Waals surface area contributed by atoms with Gasteiger partial charge in [0, 0.05) is 5.56 Å². The van der Waals surface area contributed by atoms with Gasteiger partial charge in [-0.2, -0.15) is 18.3 Å². The number of ether oxygens (including phenoxy) is 2. The van der Waals surface area contributed by atoms with Crippen molar-refractivity contribution in [2.75, 3.05) is 12.4 Å². The fraction of sp³-hybridized carbons (Fsp3) is 0.167. The molecule has 0 fully saturated rings. The molecule has 0 spiro atoms. The molecule has 4 rings (SSSR count). The minimum absolute atomic E-state index is 0.0115. The van der Waals surface area contributed by atoms with Crippen LogP contribution in [0.3, 0.4) is 0 Å². The van der Waals surface area contributed by atoms with E-state index >= 15 is 0 Å². The zero-order chi connectivity index (χ0) is 24.7. The van der Waals surface area contributed by atoms with Gasteiger partial charge in [0.05, 0.1) is 24.1 Å². The molecule has 0 radical (unpaired) electrons. The number of H-pyrrole nitrogens is 1. The van der Waals surface area contributed by atoms with Crippen LogP contribution in [0.2, 0.25) is 0 Å². The van der Waals surface area contributed by atoms with Crippen LogP contribution in [0.15, 0.2) is 72.8 Å². The third-order valence-corrected chi connectivity index (χ3v) is 4.72. The molecule has 0 bridgehead atoms. The van der Waals surface area contributed by atoms with E-state index in [0.29, 0.717) is 0 Å². The summed E-state index contributed by atoms with van der Waals surface area (Å²) in [5, 5.41) is 19.1. The van der Waals surface area contributed by atoms with Crippen LogP contribution < -0.4 is 14.8 Å². The van der Waals surface area contributed by atoms with E-state index in [1.54, 1.807) is 7.11 Å². The molecule has 178 valence electrons. The summed E-state index contributed by atoms with van der Waals surface area (Å²) in [5.74, 6) is 0.373. The molecule has 7 nitrogen and oxygen atoms in total. The Balaban J connectivity index is 0.000000406. The summed E-state index contributed by atoms with van der Waals surface area (Å²) in [5.41, 5.74) is 1.98. The van der Waals surface area contributed by atoms with Crippen LogP contribution in [0.1, 0.15) is 18.5 Å². The third-order valence-electron chi connectivity index (χ3n) is 4.72. The van der Waals surface area contributed by atoms with Crippen LogP contribution in [0.4, 0.5) is 19.0 Å². The number of hydrogen-bond acceptors (Lipinski definition) is 5. The Bertz CT molecular complexity index is 1240. The van der Waals surface area contributed by atoms with E-state index in [1.165, 1.54) is 0 Å². The highest BCUT2D eigenvalue weighted by atomic mass is 19.4. The topological polar surface area (TPSA) is 96.5 Å². The summed E-state index contributed by atoms with van der Waals surface area (Å²) in [7, 11) is 1.68. The van der Waals surface area contributed by atoms with Gasteiger partial charge in [0.1, 0.15) is 17.2 Å². The molecular formula is C24H22F3N3O4. The average Bonchev–Trinajstić information content (AvgIpc) is 3.23. The number of hydrogen-bond donors (Lipinski definition) is 3. The second-order valence-corrected chi connectivity index (χ2v) is 7.08. The number of nitrogens with one attached hydrogen (secondary N) is 2. The van der Waals surface area contributed by atoms with Gasteiger partial charge in [-0.1, -0.05) is 42.5 Å². The van der Waals surface area contributed by atoms with Gasteiger partial charge in [0.25, 0.3) is 0 Å². The number of carboxylic acid groups (broad SMARTS) is 1. The Morgan fingerprint density at radius 1 is 1.00 bits per heavy atom. The Morgan fingerprint density at radius 2 is 1.62 bits per heavy atom. The number of nitrogens with zero attached hydrogens (tertiary/aromatic N) is 1. The normalized spacial score (nSPS) is 11.8. The molecule has 3 aromatic carbocycles. The summed E-state index contributed by atoms with van der Waals surface area (Å²) in [6.07, 6.45) is -5.08. The number of aromatic amines is 1. The SMILES string of the molecule is COc1ccccc1C(C)Nc1n[nH]c2cccc(Oc3ccccc3)c12.O=C(O)C(F)(F)F. The lowest BCUT2D eigenvalue weighted by molar-refractivity contribution is -0.192. The number of benzene rings is 3. The first-order valence-corrected chi connectivity index (χ1v) is 10.1. The predicted molar refractivity (Wildman–Crippen MR) is 121 cm³/mol. The van der Waals surface area contributed by atoms with Crippen molar-refractivity contribution in [3.8, 4) is 17.2 Å². The Morgan fingerprint density at radius 3 is 2.26 bits per heavy atom. The van der Waals surface area contributed by atoms with Crippen LogP contribution in [0, 0.1) is 0 Å². The number of alkyl halides is 3. The van der Waals surface area contributed by atoms with E-state index in [0.717, 1.165) is 39.5 Å². The van der Waals surface area contributed by atoms with E-state index < -0.39 is 12.1 Å². The van der Waals surface area contributed by atoms with E-state index in [2.05, 4.69) is 22.4 Å². The van der Waals surface area contributed by atoms with Gasteiger partial charge in [-0.3, -0.25) is 5.10 Å².